The van der Waals surface area contributed by atoms with Crippen molar-refractivity contribution >= 4 is 17.6 Å². The Bertz CT molecular complexity index is 579. The maximum atomic E-state index is 12.8. The van der Waals surface area contributed by atoms with E-state index in [-0.39, 0.29) is 17.3 Å². The molecular weight excluding hydrogens is 280 g/mol. The first-order valence-electron chi connectivity index (χ1n) is 7.94. The molecule has 118 valence electrons. The van der Waals surface area contributed by atoms with E-state index >= 15 is 0 Å². The number of hydrogen-bond acceptors (Lipinski definition) is 4. The lowest BCUT2D eigenvalue weighted by Gasteiger charge is -2.29. The van der Waals surface area contributed by atoms with Gasteiger partial charge in [-0.3, -0.25) is 14.6 Å². The standard InChI is InChI=1S/C17H22N2O3/c1-22-16(21)11-17(6-2-3-7-17)10-15(20)19-9-5-13-12-18-8-4-14(13)19/h4,8,12H,2-3,5-7,9-11H2,1H3. The first-order chi connectivity index (χ1) is 10.6. The minimum absolute atomic E-state index is 0.121. The molecule has 1 saturated carbocycles. The van der Waals surface area contributed by atoms with Gasteiger partial charge in [0, 0.05) is 31.0 Å². The first-order valence-corrected chi connectivity index (χ1v) is 7.94. The largest absolute Gasteiger partial charge is 0.469 e. The molecule has 5 nitrogen and oxygen atoms in total. The van der Waals surface area contributed by atoms with Gasteiger partial charge in [0.15, 0.2) is 0 Å². The second-order valence-electron chi connectivity index (χ2n) is 6.44. The van der Waals surface area contributed by atoms with Crippen LogP contribution in [0.4, 0.5) is 5.69 Å². The van der Waals surface area contributed by atoms with E-state index < -0.39 is 0 Å². The van der Waals surface area contributed by atoms with Gasteiger partial charge in [0.2, 0.25) is 5.91 Å². The Morgan fingerprint density at radius 2 is 2.09 bits per heavy atom. The summed E-state index contributed by atoms with van der Waals surface area (Å²) in [4.78, 5) is 30.5. The molecule has 1 aromatic rings. The third-order valence-electron chi connectivity index (χ3n) is 5.01. The van der Waals surface area contributed by atoms with Crippen LogP contribution in [-0.2, 0) is 20.7 Å². The van der Waals surface area contributed by atoms with Crippen molar-refractivity contribution in [2.75, 3.05) is 18.6 Å². The second-order valence-corrected chi connectivity index (χ2v) is 6.44. The van der Waals surface area contributed by atoms with Crippen LogP contribution in [0.25, 0.3) is 0 Å². The van der Waals surface area contributed by atoms with E-state index in [1.807, 2.05) is 17.2 Å². The highest BCUT2D eigenvalue weighted by atomic mass is 16.5. The fourth-order valence-corrected chi connectivity index (χ4v) is 3.82. The number of fused-ring (bicyclic) bond motifs is 1. The van der Waals surface area contributed by atoms with Crippen LogP contribution in [0.2, 0.25) is 0 Å². The fourth-order valence-electron chi connectivity index (χ4n) is 3.82. The summed E-state index contributed by atoms with van der Waals surface area (Å²) in [7, 11) is 1.41. The molecule has 2 heterocycles. The Balaban J connectivity index is 1.74. The highest BCUT2D eigenvalue weighted by Gasteiger charge is 2.40. The van der Waals surface area contributed by atoms with Crippen molar-refractivity contribution in [1.82, 2.24) is 4.98 Å². The molecule has 1 amide bonds. The summed E-state index contributed by atoms with van der Waals surface area (Å²) in [5.74, 6) is -0.0866. The highest BCUT2D eigenvalue weighted by molar-refractivity contribution is 5.96. The van der Waals surface area contributed by atoms with Crippen LogP contribution >= 0.6 is 0 Å². The zero-order valence-electron chi connectivity index (χ0n) is 13.0. The molecule has 0 unspecified atom stereocenters. The number of amides is 1. The van der Waals surface area contributed by atoms with Gasteiger partial charge in [-0.15, -0.1) is 0 Å². The minimum atomic E-state index is -0.208. The topological polar surface area (TPSA) is 59.5 Å². The predicted molar refractivity (Wildman–Crippen MR) is 82.4 cm³/mol. The average molecular weight is 302 g/mol. The quantitative estimate of drug-likeness (QED) is 0.802. The molecule has 0 spiro atoms. The van der Waals surface area contributed by atoms with Crippen molar-refractivity contribution in [2.45, 2.75) is 44.9 Å². The van der Waals surface area contributed by atoms with Crippen molar-refractivity contribution < 1.29 is 14.3 Å². The third kappa shape index (κ3) is 2.85. The number of methoxy groups -OCH3 is 1. The molecule has 0 bridgehead atoms. The maximum Gasteiger partial charge on any atom is 0.306 e. The zero-order valence-corrected chi connectivity index (χ0v) is 13.0. The van der Waals surface area contributed by atoms with E-state index in [4.69, 9.17) is 4.74 Å². The number of carbonyl (C=O) groups is 2. The van der Waals surface area contributed by atoms with E-state index in [1.165, 1.54) is 7.11 Å². The van der Waals surface area contributed by atoms with Crippen molar-refractivity contribution in [1.29, 1.82) is 0 Å². The second kappa shape index (κ2) is 6.07. The molecule has 0 aromatic carbocycles. The van der Waals surface area contributed by atoms with Crippen LogP contribution in [-0.4, -0.2) is 30.5 Å². The van der Waals surface area contributed by atoms with Crippen molar-refractivity contribution in [2.24, 2.45) is 5.41 Å². The van der Waals surface area contributed by atoms with Gasteiger partial charge in [-0.1, -0.05) is 12.8 Å². The van der Waals surface area contributed by atoms with Crippen LogP contribution in [0.1, 0.15) is 44.1 Å². The minimum Gasteiger partial charge on any atom is -0.469 e. The molecule has 22 heavy (non-hydrogen) atoms. The molecule has 5 heteroatoms. The fraction of sp³-hybridized carbons (Fsp3) is 0.588. The Morgan fingerprint density at radius 1 is 1.32 bits per heavy atom. The molecule has 0 N–H and O–H groups in total. The summed E-state index contributed by atoms with van der Waals surface area (Å²) >= 11 is 0. The first kappa shape index (κ1) is 15.0. The molecule has 1 aliphatic carbocycles. The zero-order chi connectivity index (χ0) is 15.6. The summed E-state index contributed by atoms with van der Waals surface area (Å²) in [5, 5.41) is 0. The number of anilines is 1. The van der Waals surface area contributed by atoms with Crippen molar-refractivity contribution in [3.8, 4) is 0 Å². The Labute approximate surface area is 130 Å². The van der Waals surface area contributed by atoms with Gasteiger partial charge in [0.05, 0.1) is 13.5 Å². The molecule has 0 atom stereocenters. The lowest BCUT2D eigenvalue weighted by Crippen LogP contribution is -2.35. The van der Waals surface area contributed by atoms with Crippen molar-refractivity contribution in [3.05, 3.63) is 24.0 Å². The van der Waals surface area contributed by atoms with Gasteiger partial charge in [-0.05, 0) is 36.3 Å². The van der Waals surface area contributed by atoms with Gasteiger partial charge in [0.25, 0.3) is 0 Å². The van der Waals surface area contributed by atoms with Gasteiger partial charge in [-0.25, -0.2) is 0 Å². The van der Waals surface area contributed by atoms with E-state index in [9.17, 15) is 9.59 Å². The lowest BCUT2D eigenvalue weighted by atomic mass is 9.79. The third-order valence-corrected chi connectivity index (χ3v) is 5.01. The number of aromatic nitrogens is 1. The smallest absolute Gasteiger partial charge is 0.306 e. The van der Waals surface area contributed by atoms with Crippen LogP contribution in [0.15, 0.2) is 18.5 Å². The molecule has 3 rings (SSSR count). The van der Waals surface area contributed by atoms with Crippen LogP contribution in [0.5, 0.6) is 0 Å². The van der Waals surface area contributed by atoms with Gasteiger partial charge < -0.3 is 9.64 Å². The van der Waals surface area contributed by atoms with Gasteiger partial charge in [0.1, 0.15) is 0 Å². The summed E-state index contributed by atoms with van der Waals surface area (Å²) in [5.41, 5.74) is 1.90. The molecular formula is C17H22N2O3. The van der Waals surface area contributed by atoms with Crippen LogP contribution in [0.3, 0.4) is 0 Å². The number of hydrogen-bond donors (Lipinski definition) is 0. The van der Waals surface area contributed by atoms with Crippen LogP contribution < -0.4 is 4.90 Å². The molecule has 0 radical (unpaired) electrons. The summed E-state index contributed by atoms with van der Waals surface area (Å²) in [6.07, 6.45) is 9.26. The molecule has 1 aromatic heterocycles. The lowest BCUT2D eigenvalue weighted by molar-refractivity contribution is -0.143. The summed E-state index contributed by atoms with van der Waals surface area (Å²) in [6.45, 7) is 0.716. The molecule has 1 fully saturated rings. The molecule has 1 aliphatic heterocycles. The Hall–Kier alpha value is -1.91. The average Bonchev–Trinajstić information content (AvgIpc) is 3.14. The van der Waals surface area contributed by atoms with Crippen LogP contribution in [0, 0.1) is 5.41 Å². The van der Waals surface area contributed by atoms with Gasteiger partial charge in [-0.2, -0.15) is 0 Å². The monoisotopic (exact) mass is 302 g/mol. The van der Waals surface area contributed by atoms with E-state index in [1.54, 1.807) is 6.20 Å². The number of ether oxygens (including phenoxy) is 1. The number of esters is 1. The number of nitrogens with zero attached hydrogens (tertiary/aromatic N) is 2. The SMILES string of the molecule is COC(=O)CC1(CC(=O)N2CCc3cnccc32)CCCC1. The van der Waals surface area contributed by atoms with E-state index in [0.717, 1.165) is 43.4 Å². The van der Waals surface area contributed by atoms with Crippen molar-refractivity contribution in [3.63, 3.8) is 0 Å². The molecule has 0 saturated heterocycles. The maximum absolute atomic E-state index is 12.8. The molecule has 2 aliphatic rings. The van der Waals surface area contributed by atoms with E-state index in [2.05, 4.69) is 4.98 Å². The Morgan fingerprint density at radius 3 is 2.82 bits per heavy atom. The van der Waals surface area contributed by atoms with E-state index in [0.29, 0.717) is 19.4 Å². The summed E-state index contributed by atoms with van der Waals surface area (Å²) < 4.78 is 4.83. The van der Waals surface area contributed by atoms with Gasteiger partial charge >= 0.3 is 5.97 Å². The normalized spacial score (nSPS) is 19.0. The highest BCUT2D eigenvalue weighted by Crippen LogP contribution is 2.45. The number of carbonyl (C=O) groups excluding carboxylic acids is 2. The summed E-state index contributed by atoms with van der Waals surface area (Å²) in [6, 6.07) is 1.90. The number of pyridine rings is 1. The number of rotatable bonds is 4. The Kier molecular flexibility index (Phi) is 4.14. The predicted octanol–water partition coefficient (Wildman–Crippen LogP) is 2.48.